The van der Waals surface area contributed by atoms with Gasteiger partial charge in [-0.25, -0.2) is 4.98 Å². The fraction of sp³-hybridized carbons (Fsp3) is 0.562. The molecule has 0 fully saturated rings. The Kier molecular flexibility index (Phi) is 4.94. The number of fused-ring (bicyclic) bond motifs is 1. The summed E-state index contributed by atoms with van der Waals surface area (Å²) in [5.41, 5.74) is 1.46. The van der Waals surface area contributed by atoms with E-state index in [9.17, 15) is 0 Å². The zero-order valence-electron chi connectivity index (χ0n) is 12.2. The molecule has 0 amide bonds. The molecule has 0 bridgehead atoms. The van der Waals surface area contributed by atoms with Gasteiger partial charge >= 0.3 is 0 Å². The quantitative estimate of drug-likeness (QED) is 0.765. The molecule has 1 aromatic heterocycles. The molecule has 1 N–H and O–H groups in total. The lowest BCUT2D eigenvalue weighted by Gasteiger charge is -2.23. The number of hydrogen-bond donors (Lipinski definition) is 1. The first-order valence-electron chi connectivity index (χ1n) is 7.16. The van der Waals surface area contributed by atoms with E-state index < -0.39 is 0 Å². The molecule has 0 spiro atoms. The Morgan fingerprint density at radius 1 is 1.21 bits per heavy atom. The van der Waals surface area contributed by atoms with Crippen molar-refractivity contribution in [2.45, 2.75) is 40.0 Å². The van der Waals surface area contributed by atoms with E-state index in [-0.39, 0.29) is 0 Å². The summed E-state index contributed by atoms with van der Waals surface area (Å²) in [7, 11) is 0. The second-order valence-electron chi connectivity index (χ2n) is 5.92. The van der Waals surface area contributed by atoms with Crippen LogP contribution in [0.2, 0.25) is 0 Å². The predicted octanol–water partition coefficient (Wildman–Crippen LogP) is 4.25. The second-order valence-corrected chi connectivity index (χ2v) is 7.03. The van der Waals surface area contributed by atoms with E-state index in [1.165, 1.54) is 22.5 Å². The number of rotatable bonds is 7. The van der Waals surface area contributed by atoms with E-state index in [0.29, 0.717) is 5.41 Å². The number of hydrogen-bond acceptors (Lipinski definition) is 3. The summed E-state index contributed by atoms with van der Waals surface area (Å²) in [5, 5.41) is 4.75. The lowest BCUT2D eigenvalue weighted by molar-refractivity contribution is 0.325. The van der Waals surface area contributed by atoms with Gasteiger partial charge in [0.25, 0.3) is 0 Å². The van der Waals surface area contributed by atoms with Crippen LogP contribution in [0.3, 0.4) is 0 Å². The van der Waals surface area contributed by atoms with Gasteiger partial charge in [-0.3, -0.25) is 0 Å². The molecule has 19 heavy (non-hydrogen) atoms. The summed E-state index contributed by atoms with van der Waals surface area (Å²) in [6.45, 7) is 9.11. The summed E-state index contributed by atoms with van der Waals surface area (Å²) >= 11 is 1.84. The van der Waals surface area contributed by atoms with Gasteiger partial charge in [-0.15, -0.1) is 11.3 Å². The fourth-order valence-electron chi connectivity index (χ4n) is 2.22. The van der Waals surface area contributed by atoms with Crippen molar-refractivity contribution in [1.82, 2.24) is 10.3 Å². The van der Waals surface area contributed by atoms with Crippen LogP contribution < -0.4 is 5.32 Å². The Morgan fingerprint density at radius 2 is 2.00 bits per heavy atom. The van der Waals surface area contributed by atoms with Gasteiger partial charge in [0.05, 0.1) is 15.2 Å². The molecule has 0 saturated heterocycles. The average Bonchev–Trinajstić information content (AvgIpc) is 2.75. The predicted molar refractivity (Wildman–Crippen MR) is 84.9 cm³/mol. The molecular formula is C16H24N2S. The number of para-hydroxylation sites is 1. The van der Waals surface area contributed by atoms with Crippen LogP contribution in [-0.4, -0.2) is 18.1 Å². The molecule has 0 aliphatic rings. The molecule has 2 rings (SSSR count). The van der Waals surface area contributed by atoms with Gasteiger partial charge in [-0.1, -0.05) is 32.9 Å². The fourth-order valence-corrected chi connectivity index (χ4v) is 3.45. The maximum absolute atomic E-state index is 4.74. The van der Waals surface area contributed by atoms with E-state index in [1.807, 2.05) is 11.3 Å². The second kappa shape index (κ2) is 6.49. The SMILES string of the molecule is CCCNCCC(C)(C)Cc1nc2ccccc2s1. The van der Waals surface area contributed by atoms with Crippen LogP contribution in [-0.2, 0) is 6.42 Å². The van der Waals surface area contributed by atoms with E-state index in [0.717, 1.165) is 25.0 Å². The molecule has 0 unspecified atom stereocenters. The Labute approximate surface area is 120 Å². The molecule has 0 saturated carbocycles. The Balaban J connectivity index is 1.94. The van der Waals surface area contributed by atoms with Crippen LogP contribution in [0, 0.1) is 5.41 Å². The molecule has 3 heteroatoms. The normalized spacial score (nSPS) is 12.2. The van der Waals surface area contributed by atoms with Crippen molar-refractivity contribution in [3.05, 3.63) is 29.3 Å². The standard InChI is InChI=1S/C16H24N2S/c1-4-10-17-11-9-16(2,3)12-15-18-13-7-5-6-8-14(13)19-15/h5-8,17H,4,9-12H2,1-3H3. The highest BCUT2D eigenvalue weighted by atomic mass is 32.1. The largest absolute Gasteiger partial charge is 0.317 e. The highest BCUT2D eigenvalue weighted by Crippen LogP contribution is 2.30. The Bertz CT molecular complexity index is 483. The van der Waals surface area contributed by atoms with Crippen molar-refractivity contribution >= 4 is 21.6 Å². The topological polar surface area (TPSA) is 24.9 Å². The van der Waals surface area contributed by atoms with Crippen molar-refractivity contribution in [1.29, 1.82) is 0 Å². The molecule has 1 heterocycles. The summed E-state index contributed by atoms with van der Waals surface area (Å²) in [5.74, 6) is 0. The molecule has 1 aromatic carbocycles. The van der Waals surface area contributed by atoms with E-state index in [4.69, 9.17) is 4.98 Å². The molecule has 2 aromatic rings. The highest BCUT2D eigenvalue weighted by Gasteiger charge is 2.20. The van der Waals surface area contributed by atoms with E-state index >= 15 is 0 Å². The third-order valence-electron chi connectivity index (χ3n) is 3.37. The molecule has 0 aliphatic carbocycles. The van der Waals surface area contributed by atoms with Crippen LogP contribution in [0.1, 0.15) is 38.6 Å². The van der Waals surface area contributed by atoms with Crippen molar-refractivity contribution < 1.29 is 0 Å². The lowest BCUT2D eigenvalue weighted by Crippen LogP contribution is -2.24. The van der Waals surface area contributed by atoms with Crippen molar-refractivity contribution in [2.75, 3.05) is 13.1 Å². The monoisotopic (exact) mass is 276 g/mol. The third kappa shape index (κ3) is 4.29. The zero-order chi connectivity index (χ0) is 13.7. The molecule has 2 nitrogen and oxygen atoms in total. The summed E-state index contributed by atoms with van der Waals surface area (Å²) in [6.07, 6.45) is 3.47. The summed E-state index contributed by atoms with van der Waals surface area (Å²) in [4.78, 5) is 4.74. The third-order valence-corrected chi connectivity index (χ3v) is 4.41. The van der Waals surface area contributed by atoms with E-state index in [1.54, 1.807) is 0 Å². The van der Waals surface area contributed by atoms with Gasteiger partial charge in [-0.05, 0) is 43.5 Å². The first kappa shape index (κ1) is 14.5. The molecule has 0 radical (unpaired) electrons. The van der Waals surface area contributed by atoms with Gasteiger partial charge in [0.2, 0.25) is 0 Å². The highest BCUT2D eigenvalue weighted by molar-refractivity contribution is 7.18. The smallest absolute Gasteiger partial charge is 0.0943 e. The number of thiazole rings is 1. The Hall–Kier alpha value is -0.930. The minimum Gasteiger partial charge on any atom is -0.317 e. The number of nitrogens with one attached hydrogen (secondary N) is 1. The van der Waals surface area contributed by atoms with Crippen molar-refractivity contribution in [2.24, 2.45) is 5.41 Å². The van der Waals surface area contributed by atoms with E-state index in [2.05, 4.69) is 50.4 Å². The average molecular weight is 276 g/mol. The molecule has 0 atom stereocenters. The van der Waals surface area contributed by atoms with Crippen LogP contribution in [0.5, 0.6) is 0 Å². The summed E-state index contributed by atoms with van der Waals surface area (Å²) < 4.78 is 1.30. The minimum atomic E-state index is 0.314. The van der Waals surface area contributed by atoms with Crippen molar-refractivity contribution in [3.8, 4) is 0 Å². The molecular weight excluding hydrogens is 252 g/mol. The first-order chi connectivity index (χ1) is 9.11. The number of benzene rings is 1. The number of aromatic nitrogens is 1. The minimum absolute atomic E-state index is 0.314. The maximum atomic E-state index is 4.74. The van der Waals surface area contributed by atoms with Gasteiger partial charge in [0, 0.05) is 6.42 Å². The van der Waals surface area contributed by atoms with Gasteiger partial charge in [0.1, 0.15) is 0 Å². The first-order valence-corrected chi connectivity index (χ1v) is 7.97. The van der Waals surface area contributed by atoms with Crippen LogP contribution in [0.4, 0.5) is 0 Å². The zero-order valence-corrected chi connectivity index (χ0v) is 13.0. The van der Waals surface area contributed by atoms with Crippen LogP contribution >= 0.6 is 11.3 Å². The maximum Gasteiger partial charge on any atom is 0.0943 e. The van der Waals surface area contributed by atoms with Gasteiger partial charge < -0.3 is 5.32 Å². The lowest BCUT2D eigenvalue weighted by atomic mass is 9.86. The van der Waals surface area contributed by atoms with Crippen molar-refractivity contribution in [3.63, 3.8) is 0 Å². The van der Waals surface area contributed by atoms with Crippen LogP contribution in [0.15, 0.2) is 24.3 Å². The molecule has 0 aliphatic heterocycles. The Morgan fingerprint density at radius 3 is 2.74 bits per heavy atom. The number of nitrogens with zero attached hydrogens (tertiary/aromatic N) is 1. The molecule has 104 valence electrons. The van der Waals surface area contributed by atoms with Gasteiger partial charge in [0.15, 0.2) is 0 Å². The van der Waals surface area contributed by atoms with Crippen LogP contribution in [0.25, 0.3) is 10.2 Å². The van der Waals surface area contributed by atoms with Gasteiger partial charge in [-0.2, -0.15) is 0 Å². The summed E-state index contributed by atoms with van der Waals surface area (Å²) in [6, 6.07) is 8.41.